The van der Waals surface area contributed by atoms with Crippen molar-refractivity contribution in [3.05, 3.63) is 52.7 Å². The third-order valence-electron chi connectivity index (χ3n) is 2.46. The molecule has 3 N–H and O–H groups in total. The van der Waals surface area contributed by atoms with Gasteiger partial charge in [0, 0.05) is 10.6 Å². The van der Waals surface area contributed by atoms with Gasteiger partial charge in [0.15, 0.2) is 0 Å². The Morgan fingerprint density at radius 2 is 2.11 bits per heavy atom. The van der Waals surface area contributed by atoms with Gasteiger partial charge in [-0.25, -0.2) is 4.98 Å². The maximum atomic E-state index is 12.0. The molecular weight excluding hydrogens is 250 g/mol. The lowest BCUT2D eigenvalue weighted by atomic mass is 10.1. The first kappa shape index (κ1) is 12.4. The summed E-state index contributed by atoms with van der Waals surface area (Å²) in [6.45, 7) is 1.83. The van der Waals surface area contributed by atoms with E-state index in [0.29, 0.717) is 22.1 Å². The Morgan fingerprint density at radius 1 is 1.33 bits per heavy atom. The van der Waals surface area contributed by atoms with Crippen molar-refractivity contribution < 1.29 is 4.79 Å². The normalized spacial score (nSPS) is 10.1. The van der Waals surface area contributed by atoms with E-state index >= 15 is 0 Å². The first-order chi connectivity index (χ1) is 8.56. The molecule has 0 spiro atoms. The molecule has 0 atom stereocenters. The molecule has 1 aromatic carbocycles. The summed E-state index contributed by atoms with van der Waals surface area (Å²) < 4.78 is 0. The quantitative estimate of drug-likeness (QED) is 0.873. The van der Waals surface area contributed by atoms with Gasteiger partial charge < -0.3 is 11.1 Å². The molecule has 92 valence electrons. The molecule has 1 aromatic heterocycles. The summed E-state index contributed by atoms with van der Waals surface area (Å²) in [7, 11) is 0. The Labute approximate surface area is 110 Å². The van der Waals surface area contributed by atoms with Crippen LogP contribution in [0.4, 0.5) is 11.5 Å². The predicted molar refractivity (Wildman–Crippen MR) is 72.8 cm³/mol. The number of benzene rings is 1. The summed E-state index contributed by atoms with van der Waals surface area (Å²) in [5.41, 5.74) is 7.45. The fourth-order valence-electron chi connectivity index (χ4n) is 1.54. The molecule has 0 aliphatic rings. The third kappa shape index (κ3) is 2.78. The maximum Gasteiger partial charge on any atom is 0.257 e. The van der Waals surface area contributed by atoms with Crippen LogP contribution in [0, 0.1) is 6.92 Å². The summed E-state index contributed by atoms with van der Waals surface area (Å²) in [5.74, 6) is 0.241. The van der Waals surface area contributed by atoms with E-state index in [1.54, 1.807) is 30.3 Å². The molecule has 4 nitrogen and oxygen atoms in total. The fraction of sp³-hybridized carbons (Fsp3) is 0.0769. The van der Waals surface area contributed by atoms with E-state index in [4.69, 9.17) is 17.3 Å². The average Bonchev–Trinajstić information content (AvgIpc) is 2.32. The van der Waals surface area contributed by atoms with Gasteiger partial charge in [0.2, 0.25) is 0 Å². The molecule has 0 saturated carbocycles. The van der Waals surface area contributed by atoms with Crippen molar-refractivity contribution in [3.63, 3.8) is 0 Å². The minimum absolute atomic E-state index is 0.221. The standard InChI is InChI=1S/C13H12ClN3O/c1-8-6-9(14)2-4-11(8)13(18)17-12-5-3-10(15)7-16-12/h2-7H,15H2,1H3,(H,16,17,18). The Kier molecular flexibility index (Phi) is 3.48. The number of rotatable bonds is 2. The molecule has 0 unspecified atom stereocenters. The second kappa shape index (κ2) is 5.06. The molecule has 0 bridgehead atoms. The SMILES string of the molecule is Cc1cc(Cl)ccc1C(=O)Nc1ccc(N)cn1. The van der Waals surface area contributed by atoms with Gasteiger partial charge in [0.05, 0.1) is 11.9 Å². The maximum absolute atomic E-state index is 12.0. The Balaban J connectivity index is 2.19. The molecule has 0 saturated heterocycles. The molecule has 0 radical (unpaired) electrons. The van der Waals surface area contributed by atoms with Crippen LogP contribution in [0.25, 0.3) is 0 Å². The van der Waals surface area contributed by atoms with Gasteiger partial charge in [-0.3, -0.25) is 4.79 Å². The number of halogens is 1. The number of anilines is 2. The van der Waals surface area contributed by atoms with E-state index in [2.05, 4.69) is 10.3 Å². The zero-order valence-corrected chi connectivity index (χ0v) is 10.5. The largest absolute Gasteiger partial charge is 0.397 e. The summed E-state index contributed by atoms with van der Waals surface area (Å²) in [6.07, 6.45) is 1.49. The van der Waals surface area contributed by atoms with Crippen LogP contribution in [0.15, 0.2) is 36.5 Å². The number of nitrogens with one attached hydrogen (secondary N) is 1. The van der Waals surface area contributed by atoms with E-state index in [0.717, 1.165) is 5.56 Å². The molecule has 0 fully saturated rings. The first-order valence-electron chi connectivity index (χ1n) is 5.35. The minimum atomic E-state index is -0.221. The number of carbonyl (C=O) groups excluding carboxylic acids is 1. The van der Waals surface area contributed by atoms with E-state index < -0.39 is 0 Å². The molecule has 2 rings (SSSR count). The smallest absolute Gasteiger partial charge is 0.257 e. The molecular formula is C13H12ClN3O. The second-order valence-corrected chi connectivity index (χ2v) is 4.33. The Morgan fingerprint density at radius 3 is 2.72 bits per heavy atom. The van der Waals surface area contributed by atoms with E-state index in [9.17, 15) is 4.79 Å². The van der Waals surface area contributed by atoms with Crippen molar-refractivity contribution >= 4 is 29.0 Å². The summed E-state index contributed by atoms with van der Waals surface area (Å²) in [4.78, 5) is 16.0. The predicted octanol–water partition coefficient (Wildman–Crippen LogP) is 2.88. The number of aryl methyl sites for hydroxylation is 1. The van der Waals surface area contributed by atoms with E-state index in [-0.39, 0.29) is 5.91 Å². The molecule has 2 aromatic rings. The second-order valence-electron chi connectivity index (χ2n) is 3.89. The number of aromatic nitrogens is 1. The number of nitrogen functional groups attached to an aromatic ring is 1. The Bertz CT molecular complexity index is 581. The van der Waals surface area contributed by atoms with Crippen molar-refractivity contribution in [2.24, 2.45) is 0 Å². The topological polar surface area (TPSA) is 68.0 Å². The summed E-state index contributed by atoms with van der Waals surface area (Å²) in [6, 6.07) is 8.44. The monoisotopic (exact) mass is 261 g/mol. The highest BCUT2D eigenvalue weighted by molar-refractivity contribution is 6.30. The van der Waals surface area contributed by atoms with Crippen molar-refractivity contribution in [2.45, 2.75) is 6.92 Å². The summed E-state index contributed by atoms with van der Waals surface area (Å²) >= 11 is 5.84. The highest BCUT2D eigenvalue weighted by Gasteiger charge is 2.09. The van der Waals surface area contributed by atoms with Crippen molar-refractivity contribution in [3.8, 4) is 0 Å². The number of hydrogen-bond donors (Lipinski definition) is 2. The molecule has 5 heteroatoms. The fourth-order valence-corrected chi connectivity index (χ4v) is 1.77. The van der Waals surface area contributed by atoms with Gasteiger partial charge in [-0.15, -0.1) is 0 Å². The molecule has 1 amide bonds. The first-order valence-corrected chi connectivity index (χ1v) is 5.73. The van der Waals surface area contributed by atoms with Crippen LogP contribution in [0.1, 0.15) is 15.9 Å². The van der Waals surface area contributed by atoms with Crippen molar-refractivity contribution in [1.82, 2.24) is 4.98 Å². The average molecular weight is 262 g/mol. The number of pyridine rings is 1. The molecule has 18 heavy (non-hydrogen) atoms. The number of amides is 1. The van der Waals surface area contributed by atoms with E-state index in [1.807, 2.05) is 6.92 Å². The van der Waals surface area contributed by atoms with Gasteiger partial charge in [0.1, 0.15) is 5.82 Å². The van der Waals surface area contributed by atoms with Crippen LogP contribution in [-0.4, -0.2) is 10.9 Å². The highest BCUT2D eigenvalue weighted by atomic mass is 35.5. The summed E-state index contributed by atoms with van der Waals surface area (Å²) in [5, 5.41) is 3.30. The lowest BCUT2D eigenvalue weighted by Crippen LogP contribution is -2.14. The van der Waals surface area contributed by atoms with Crippen LogP contribution >= 0.6 is 11.6 Å². The third-order valence-corrected chi connectivity index (χ3v) is 2.70. The van der Waals surface area contributed by atoms with Crippen LogP contribution in [0.3, 0.4) is 0 Å². The van der Waals surface area contributed by atoms with Gasteiger partial charge in [-0.2, -0.15) is 0 Å². The van der Waals surface area contributed by atoms with Crippen LogP contribution in [0.2, 0.25) is 5.02 Å². The van der Waals surface area contributed by atoms with Gasteiger partial charge in [-0.1, -0.05) is 11.6 Å². The van der Waals surface area contributed by atoms with Crippen molar-refractivity contribution in [1.29, 1.82) is 0 Å². The lowest BCUT2D eigenvalue weighted by molar-refractivity contribution is 0.102. The molecule has 0 aliphatic carbocycles. The van der Waals surface area contributed by atoms with Crippen LogP contribution in [-0.2, 0) is 0 Å². The molecule has 0 aliphatic heterocycles. The van der Waals surface area contributed by atoms with Gasteiger partial charge >= 0.3 is 0 Å². The van der Waals surface area contributed by atoms with E-state index in [1.165, 1.54) is 6.20 Å². The van der Waals surface area contributed by atoms with Crippen molar-refractivity contribution in [2.75, 3.05) is 11.1 Å². The molecule has 1 heterocycles. The Hall–Kier alpha value is -2.07. The number of hydrogen-bond acceptors (Lipinski definition) is 3. The number of carbonyl (C=O) groups is 1. The number of nitrogens with zero attached hydrogens (tertiary/aromatic N) is 1. The van der Waals surface area contributed by atoms with Gasteiger partial charge in [-0.05, 0) is 42.8 Å². The lowest BCUT2D eigenvalue weighted by Gasteiger charge is -2.07. The van der Waals surface area contributed by atoms with Gasteiger partial charge in [0.25, 0.3) is 5.91 Å². The zero-order valence-electron chi connectivity index (χ0n) is 9.77. The van der Waals surface area contributed by atoms with Crippen LogP contribution in [0.5, 0.6) is 0 Å². The zero-order chi connectivity index (χ0) is 13.1. The number of nitrogens with two attached hydrogens (primary N) is 1. The minimum Gasteiger partial charge on any atom is -0.397 e. The van der Waals surface area contributed by atoms with Crippen LogP contribution < -0.4 is 11.1 Å². The highest BCUT2D eigenvalue weighted by Crippen LogP contribution is 2.16.